The number of fused-ring (bicyclic) bond motifs is 1. The van der Waals surface area contributed by atoms with E-state index in [0.717, 1.165) is 62.6 Å². The number of ether oxygens (including phenoxy) is 1. The lowest BCUT2D eigenvalue weighted by molar-refractivity contribution is 0.0940. The van der Waals surface area contributed by atoms with Gasteiger partial charge in [0.15, 0.2) is 0 Å². The Morgan fingerprint density at radius 1 is 1.11 bits per heavy atom. The minimum atomic E-state index is -0.0739. The molecule has 2 aromatic heterocycles. The van der Waals surface area contributed by atoms with Crippen LogP contribution in [0.3, 0.4) is 0 Å². The van der Waals surface area contributed by atoms with Gasteiger partial charge in [0.05, 0.1) is 7.11 Å². The van der Waals surface area contributed by atoms with Crippen molar-refractivity contribution in [2.75, 3.05) is 49.6 Å². The highest BCUT2D eigenvalue weighted by molar-refractivity contribution is 5.96. The van der Waals surface area contributed by atoms with E-state index in [1.165, 1.54) is 0 Å². The third-order valence-electron chi connectivity index (χ3n) is 5.51. The zero-order valence-electron chi connectivity index (χ0n) is 15.9. The molecule has 0 spiro atoms. The van der Waals surface area contributed by atoms with E-state index in [0.29, 0.717) is 30.0 Å². The summed E-state index contributed by atoms with van der Waals surface area (Å²) in [5, 5.41) is 2.91. The first-order chi connectivity index (χ1) is 13.7. The number of methoxy groups -OCH3 is 1. The lowest BCUT2D eigenvalue weighted by Gasteiger charge is -2.37. The summed E-state index contributed by atoms with van der Waals surface area (Å²) in [7, 11) is 1.61. The Morgan fingerprint density at radius 2 is 1.89 bits per heavy atom. The van der Waals surface area contributed by atoms with Crippen LogP contribution in [0.1, 0.15) is 40.6 Å². The summed E-state index contributed by atoms with van der Waals surface area (Å²) in [5.74, 6) is 3.34. The van der Waals surface area contributed by atoms with Gasteiger partial charge >= 0.3 is 0 Å². The predicted octanol–water partition coefficient (Wildman–Crippen LogP) is 0.765. The van der Waals surface area contributed by atoms with Crippen LogP contribution in [0.2, 0.25) is 0 Å². The molecule has 1 saturated heterocycles. The van der Waals surface area contributed by atoms with Gasteiger partial charge in [-0.3, -0.25) is 4.79 Å². The first-order valence-electron chi connectivity index (χ1n) is 9.79. The molecule has 146 valence electrons. The fourth-order valence-corrected chi connectivity index (χ4v) is 3.79. The summed E-state index contributed by atoms with van der Waals surface area (Å²) >= 11 is 0. The SMILES string of the molecule is COc1ccnc(N2CCN(c3nc(C4CC4)nc4c3CCNC4=O)CC2)n1. The van der Waals surface area contributed by atoms with Gasteiger partial charge in [-0.25, -0.2) is 15.0 Å². The standard InChI is InChI=1S/C19H23N7O2/c1-28-14-5-7-21-19(22-14)26-10-8-25(9-11-26)17-13-4-6-20-18(27)15(13)23-16(24-17)12-2-3-12/h5,7,12H,2-4,6,8-11H2,1H3,(H,20,27). The summed E-state index contributed by atoms with van der Waals surface area (Å²) in [4.78, 5) is 35.1. The first-order valence-corrected chi connectivity index (χ1v) is 9.79. The lowest BCUT2D eigenvalue weighted by atomic mass is 10.0. The number of nitrogens with zero attached hydrogens (tertiary/aromatic N) is 6. The second-order valence-electron chi connectivity index (χ2n) is 7.39. The molecule has 9 heteroatoms. The number of aromatic nitrogens is 4. The average molecular weight is 381 g/mol. The Hall–Kier alpha value is -2.97. The van der Waals surface area contributed by atoms with Gasteiger partial charge < -0.3 is 19.9 Å². The number of amides is 1. The quantitative estimate of drug-likeness (QED) is 0.829. The van der Waals surface area contributed by atoms with Crippen LogP contribution in [0.25, 0.3) is 0 Å². The van der Waals surface area contributed by atoms with E-state index >= 15 is 0 Å². The average Bonchev–Trinajstić information content (AvgIpc) is 3.59. The molecule has 3 aliphatic rings. The van der Waals surface area contributed by atoms with Crippen molar-refractivity contribution in [1.82, 2.24) is 25.3 Å². The number of rotatable bonds is 4. The zero-order valence-corrected chi connectivity index (χ0v) is 15.9. The molecule has 0 unspecified atom stereocenters. The van der Waals surface area contributed by atoms with Crippen LogP contribution in [-0.2, 0) is 6.42 Å². The van der Waals surface area contributed by atoms with Gasteiger partial charge in [0.1, 0.15) is 17.3 Å². The molecular weight excluding hydrogens is 358 g/mol. The topological polar surface area (TPSA) is 96.4 Å². The number of anilines is 2. The summed E-state index contributed by atoms with van der Waals surface area (Å²) in [6.07, 6.45) is 4.72. The second kappa shape index (κ2) is 6.88. The van der Waals surface area contributed by atoms with E-state index in [2.05, 4.69) is 30.1 Å². The summed E-state index contributed by atoms with van der Waals surface area (Å²) < 4.78 is 5.21. The number of nitrogens with one attached hydrogen (secondary N) is 1. The molecule has 5 rings (SSSR count). The summed E-state index contributed by atoms with van der Waals surface area (Å²) in [5.41, 5.74) is 1.55. The van der Waals surface area contributed by atoms with Crippen molar-refractivity contribution in [3.8, 4) is 5.88 Å². The fourth-order valence-electron chi connectivity index (χ4n) is 3.79. The van der Waals surface area contributed by atoms with Crippen molar-refractivity contribution in [3.05, 3.63) is 29.3 Å². The number of carbonyl (C=O) groups is 1. The third-order valence-corrected chi connectivity index (χ3v) is 5.51. The highest BCUT2D eigenvalue weighted by Gasteiger charge is 2.33. The Balaban J connectivity index is 1.39. The maximum absolute atomic E-state index is 12.4. The normalized spacial score (nSPS) is 19.2. The fraction of sp³-hybridized carbons (Fsp3) is 0.526. The monoisotopic (exact) mass is 381 g/mol. The van der Waals surface area contributed by atoms with Crippen LogP contribution < -0.4 is 19.9 Å². The van der Waals surface area contributed by atoms with E-state index in [9.17, 15) is 4.79 Å². The van der Waals surface area contributed by atoms with E-state index in [1.54, 1.807) is 19.4 Å². The molecule has 2 aromatic rings. The minimum Gasteiger partial charge on any atom is -0.481 e. The van der Waals surface area contributed by atoms with Crippen molar-refractivity contribution < 1.29 is 9.53 Å². The molecule has 1 saturated carbocycles. The molecule has 2 fully saturated rings. The first kappa shape index (κ1) is 17.2. The van der Waals surface area contributed by atoms with Crippen LogP contribution >= 0.6 is 0 Å². The Kier molecular flexibility index (Phi) is 4.22. The minimum absolute atomic E-state index is 0.0739. The Labute approximate surface area is 163 Å². The van der Waals surface area contributed by atoms with Gasteiger partial charge in [-0.15, -0.1) is 0 Å². The summed E-state index contributed by atoms with van der Waals surface area (Å²) in [6.45, 7) is 3.82. The van der Waals surface area contributed by atoms with Crippen molar-refractivity contribution in [1.29, 1.82) is 0 Å². The van der Waals surface area contributed by atoms with Gasteiger partial charge in [0, 0.05) is 56.5 Å². The third kappa shape index (κ3) is 3.10. The predicted molar refractivity (Wildman–Crippen MR) is 103 cm³/mol. The highest BCUT2D eigenvalue weighted by atomic mass is 16.5. The highest BCUT2D eigenvalue weighted by Crippen LogP contribution is 2.40. The van der Waals surface area contributed by atoms with Crippen LogP contribution in [-0.4, -0.2) is 65.7 Å². The van der Waals surface area contributed by atoms with Gasteiger partial charge in [0.25, 0.3) is 5.91 Å². The van der Waals surface area contributed by atoms with Gasteiger partial charge in [0.2, 0.25) is 11.8 Å². The molecule has 4 heterocycles. The van der Waals surface area contributed by atoms with Crippen molar-refractivity contribution in [2.24, 2.45) is 0 Å². The molecular formula is C19H23N7O2. The van der Waals surface area contributed by atoms with Crippen LogP contribution in [0.15, 0.2) is 12.3 Å². The molecule has 1 N–H and O–H groups in total. The molecule has 9 nitrogen and oxygen atoms in total. The van der Waals surface area contributed by atoms with Crippen LogP contribution in [0.5, 0.6) is 5.88 Å². The Bertz CT molecular complexity index is 907. The zero-order chi connectivity index (χ0) is 19.1. The smallest absolute Gasteiger partial charge is 0.270 e. The number of carbonyl (C=O) groups excluding carboxylic acids is 1. The maximum atomic E-state index is 12.4. The largest absolute Gasteiger partial charge is 0.481 e. The van der Waals surface area contributed by atoms with Crippen molar-refractivity contribution in [2.45, 2.75) is 25.2 Å². The van der Waals surface area contributed by atoms with E-state index < -0.39 is 0 Å². The molecule has 0 atom stereocenters. The number of piperazine rings is 1. The number of hydrogen-bond acceptors (Lipinski definition) is 8. The van der Waals surface area contributed by atoms with E-state index in [-0.39, 0.29) is 5.91 Å². The second-order valence-corrected chi connectivity index (χ2v) is 7.39. The van der Waals surface area contributed by atoms with E-state index in [4.69, 9.17) is 9.72 Å². The lowest BCUT2D eigenvalue weighted by Crippen LogP contribution is -2.48. The molecule has 0 radical (unpaired) electrons. The molecule has 1 amide bonds. The van der Waals surface area contributed by atoms with Crippen LogP contribution in [0, 0.1) is 0 Å². The van der Waals surface area contributed by atoms with Crippen molar-refractivity contribution in [3.63, 3.8) is 0 Å². The van der Waals surface area contributed by atoms with E-state index in [1.807, 2.05) is 0 Å². The summed E-state index contributed by atoms with van der Waals surface area (Å²) in [6, 6.07) is 1.75. The van der Waals surface area contributed by atoms with Gasteiger partial charge in [-0.2, -0.15) is 4.98 Å². The van der Waals surface area contributed by atoms with Crippen molar-refractivity contribution >= 4 is 17.7 Å². The van der Waals surface area contributed by atoms with Crippen LogP contribution in [0.4, 0.5) is 11.8 Å². The Morgan fingerprint density at radius 3 is 2.64 bits per heavy atom. The maximum Gasteiger partial charge on any atom is 0.270 e. The molecule has 1 aliphatic carbocycles. The molecule has 0 bridgehead atoms. The van der Waals surface area contributed by atoms with Gasteiger partial charge in [-0.05, 0) is 19.3 Å². The van der Waals surface area contributed by atoms with Gasteiger partial charge in [-0.1, -0.05) is 0 Å². The number of hydrogen-bond donors (Lipinski definition) is 1. The molecule has 2 aliphatic heterocycles. The molecule has 0 aromatic carbocycles. The molecule has 28 heavy (non-hydrogen) atoms.